The van der Waals surface area contributed by atoms with Gasteiger partial charge in [0.15, 0.2) is 0 Å². The molecule has 0 amide bonds. The van der Waals surface area contributed by atoms with Gasteiger partial charge in [-0.1, -0.05) is 29.8 Å². The smallest absolute Gasteiger partial charge is 0.129 e. The maximum absolute atomic E-state index is 13.6. The number of rotatable bonds is 2. The molecule has 0 aliphatic heterocycles. The molecule has 2 aromatic carbocycles. The van der Waals surface area contributed by atoms with E-state index in [9.17, 15) is 8.78 Å². The van der Waals surface area contributed by atoms with Crippen molar-refractivity contribution in [3.05, 3.63) is 70.3 Å². The topological polar surface area (TPSA) is 0 Å². The summed E-state index contributed by atoms with van der Waals surface area (Å²) in [5.74, 6) is -0.939. The van der Waals surface area contributed by atoms with Crippen molar-refractivity contribution in [3.63, 3.8) is 0 Å². The zero-order chi connectivity index (χ0) is 12.4. The number of benzene rings is 2. The van der Waals surface area contributed by atoms with Crippen LogP contribution in [0.4, 0.5) is 8.78 Å². The lowest BCUT2D eigenvalue weighted by Crippen LogP contribution is -1.98. The summed E-state index contributed by atoms with van der Waals surface area (Å²) in [5.41, 5.74) is 2.79. The van der Waals surface area contributed by atoms with Gasteiger partial charge in [0.05, 0.1) is 0 Å². The fraction of sp³-hybridized carbons (Fsp3) is 0.200. The van der Waals surface area contributed by atoms with Crippen molar-refractivity contribution in [2.75, 3.05) is 0 Å². The summed E-state index contributed by atoms with van der Waals surface area (Å²) in [6.07, 6.45) is 0.290. The van der Waals surface area contributed by atoms with Crippen molar-refractivity contribution in [2.45, 2.75) is 20.3 Å². The monoisotopic (exact) mass is 232 g/mol. The van der Waals surface area contributed by atoms with Gasteiger partial charge in [-0.15, -0.1) is 0 Å². The van der Waals surface area contributed by atoms with E-state index in [2.05, 4.69) is 0 Å². The average molecular weight is 232 g/mol. The predicted molar refractivity (Wildman–Crippen MR) is 65.1 cm³/mol. The first kappa shape index (κ1) is 11.8. The van der Waals surface area contributed by atoms with Crippen molar-refractivity contribution in [3.8, 4) is 0 Å². The van der Waals surface area contributed by atoms with Gasteiger partial charge in [0.25, 0.3) is 0 Å². The van der Waals surface area contributed by atoms with Crippen LogP contribution in [0.3, 0.4) is 0 Å². The van der Waals surface area contributed by atoms with Crippen LogP contribution in [-0.2, 0) is 6.42 Å². The Balaban J connectivity index is 2.33. The molecule has 0 fully saturated rings. The van der Waals surface area contributed by atoms with Gasteiger partial charge in [-0.3, -0.25) is 0 Å². The molecule has 2 heteroatoms. The Bertz CT molecular complexity index is 504. The van der Waals surface area contributed by atoms with Crippen LogP contribution in [0.15, 0.2) is 36.4 Å². The van der Waals surface area contributed by atoms with E-state index in [1.807, 2.05) is 31.2 Å². The van der Waals surface area contributed by atoms with Crippen LogP contribution in [0.2, 0.25) is 0 Å². The third-order valence-corrected chi connectivity index (χ3v) is 2.79. The summed E-state index contributed by atoms with van der Waals surface area (Å²) in [7, 11) is 0. The zero-order valence-corrected chi connectivity index (χ0v) is 9.93. The fourth-order valence-corrected chi connectivity index (χ4v) is 1.81. The maximum Gasteiger partial charge on any atom is 0.129 e. The van der Waals surface area contributed by atoms with E-state index < -0.39 is 11.6 Å². The number of hydrogen-bond donors (Lipinski definition) is 0. The zero-order valence-electron chi connectivity index (χ0n) is 9.93. The van der Waals surface area contributed by atoms with Crippen LogP contribution < -0.4 is 0 Å². The molecule has 17 heavy (non-hydrogen) atoms. The SMILES string of the molecule is Cc1ccc(Cc2c(F)cc(C)cc2F)cc1. The first-order chi connectivity index (χ1) is 8.06. The van der Waals surface area contributed by atoms with E-state index in [-0.39, 0.29) is 12.0 Å². The molecule has 88 valence electrons. The lowest BCUT2D eigenvalue weighted by Gasteiger charge is -2.07. The third kappa shape index (κ3) is 2.70. The van der Waals surface area contributed by atoms with E-state index >= 15 is 0 Å². The van der Waals surface area contributed by atoms with Gasteiger partial charge in [0, 0.05) is 12.0 Å². The maximum atomic E-state index is 13.6. The average Bonchev–Trinajstić information content (AvgIpc) is 2.26. The predicted octanol–water partition coefficient (Wildman–Crippen LogP) is 4.17. The molecule has 2 rings (SSSR count). The normalized spacial score (nSPS) is 10.6. The van der Waals surface area contributed by atoms with Gasteiger partial charge in [-0.25, -0.2) is 8.78 Å². The Morgan fingerprint density at radius 1 is 0.824 bits per heavy atom. The van der Waals surface area contributed by atoms with E-state index in [0.717, 1.165) is 11.1 Å². The number of halogens is 2. The molecule has 0 saturated heterocycles. The second kappa shape index (κ2) is 4.66. The van der Waals surface area contributed by atoms with Gasteiger partial charge in [0.1, 0.15) is 11.6 Å². The van der Waals surface area contributed by atoms with E-state index in [1.54, 1.807) is 6.92 Å². The molecule has 0 spiro atoms. The lowest BCUT2D eigenvalue weighted by molar-refractivity contribution is 0.559. The summed E-state index contributed by atoms with van der Waals surface area (Å²) in [6.45, 7) is 3.67. The van der Waals surface area contributed by atoms with Crippen molar-refractivity contribution >= 4 is 0 Å². The first-order valence-corrected chi connectivity index (χ1v) is 5.56. The summed E-state index contributed by atoms with van der Waals surface area (Å²) in [5, 5.41) is 0. The van der Waals surface area contributed by atoms with Crippen LogP contribution in [-0.4, -0.2) is 0 Å². The molecule has 0 unspecified atom stereocenters. The molecule has 0 saturated carbocycles. The molecule has 0 bridgehead atoms. The minimum atomic E-state index is -0.469. The van der Waals surface area contributed by atoms with Crippen molar-refractivity contribution in [1.29, 1.82) is 0 Å². The van der Waals surface area contributed by atoms with Crippen molar-refractivity contribution in [1.82, 2.24) is 0 Å². The number of hydrogen-bond acceptors (Lipinski definition) is 0. The Labute approximate surface area is 99.9 Å². The molecule has 0 atom stereocenters. The van der Waals surface area contributed by atoms with Gasteiger partial charge >= 0.3 is 0 Å². The second-order valence-corrected chi connectivity index (χ2v) is 4.37. The molecule has 0 N–H and O–H groups in total. The van der Waals surface area contributed by atoms with E-state index in [0.29, 0.717) is 5.56 Å². The quantitative estimate of drug-likeness (QED) is 0.729. The Morgan fingerprint density at radius 3 is 1.88 bits per heavy atom. The molecule has 0 aromatic heterocycles. The molecule has 0 aliphatic rings. The fourth-order valence-electron chi connectivity index (χ4n) is 1.81. The van der Waals surface area contributed by atoms with Crippen LogP contribution >= 0.6 is 0 Å². The van der Waals surface area contributed by atoms with Crippen LogP contribution in [0.1, 0.15) is 22.3 Å². The first-order valence-electron chi connectivity index (χ1n) is 5.56. The molecule has 0 radical (unpaired) electrons. The Morgan fingerprint density at radius 2 is 1.35 bits per heavy atom. The molecule has 2 aromatic rings. The molecule has 0 nitrogen and oxygen atoms in total. The van der Waals surface area contributed by atoms with Crippen LogP contribution in [0.25, 0.3) is 0 Å². The second-order valence-electron chi connectivity index (χ2n) is 4.37. The summed E-state index contributed by atoms with van der Waals surface area (Å²) < 4.78 is 27.3. The molecule has 0 aliphatic carbocycles. The van der Waals surface area contributed by atoms with Crippen molar-refractivity contribution in [2.24, 2.45) is 0 Å². The molecular weight excluding hydrogens is 218 g/mol. The Hall–Kier alpha value is -1.70. The molecular formula is C15H14F2. The highest BCUT2D eigenvalue weighted by Crippen LogP contribution is 2.19. The minimum Gasteiger partial charge on any atom is -0.207 e. The van der Waals surface area contributed by atoms with Gasteiger partial charge in [-0.05, 0) is 37.1 Å². The largest absolute Gasteiger partial charge is 0.207 e. The number of aryl methyl sites for hydroxylation is 2. The summed E-state index contributed by atoms with van der Waals surface area (Å²) in [4.78, 5) is 0. The lowest BCUT2D eigenvalue weighted by atomic mass is 10.0. The van der Waals surface area contributed by atoms with Crippen LogP contribution in [0, 0.1) is 25.5 Å². The third-order valence-electron chi connectivity index (χ3n) is 2.79. The van der Waals surface area contributed by atoms with Crippen molar-refractivity contribution < 1.29 is 8.78 Å². The minimum absolute atomic E-state index is 0.138. The highest BCUT2D eigenvalue weighted by Gasteiger charge is 2.10. The van der Waals surface area contributed by atoms with E-state index in [4.69, 9.17) is 0 Å². The van der Waals surface area contributed by atoms with Gasteiger partial charge in [-0.2, -0.15) is 0 Å². The van der Waals surface area contributed by atoms with Gasteiger partial charge in [0.2, 0.25) is 0 Å². The summed E-state index contributed by atoms with van der Waals surface area (Å²) >= 11 is 0. The highest BCUT2D eigenvalue weighted by atomic mass is 19.1. The molecule has 0 heterocycles. The Kier molecular flexibility index (Phi) is 3.23. The van der Waals surface area contributed by atoms with Gasteiger partial charge < -0.3 is 0 Å². The summed E-state index contributed by atoms with van der Waals surface area (Å²) in [6, 6.07) is 10.4. The van der Waals surface area contributed by atoms with E-state index in [1.165, 1.54) is 12.1 Å². The van der Waals surface area contributed by atoms with Crippen LogP contribution in [0.5, 0.6) is 0 Å². The highest BCUT2D eigenvalue weighted by molar-refractivity contribution is 5.32. The standard InChI is InChI=1S/C15H14F2/c1-10-3-5-12(6-4-10)9-13-14(16)7-11(2)8-15(13)17/h3-8H,9H2,1-2H3.